The number of hydrazine groups is 1. The standard InChI is InChI=1S/C13H13BrF2N2S/c1-7-4-5-19-13(7)11(18-17)6-8-10(15)3-2-9(14)12(8)16/h2-5,11,18H,6,17H2,1H3. The summed E-state index contributed by atoms with van der Waals surface area (Å²) in [5.74, 6) is 4.38. The Morgan fingerprint density at radius 2 is 2.11 bits per heavy atom. The van der Waals surface area contributed by atoms with Crippen LogP contribution in [0.25, 0.3) is 0 Å². The lowest BCUT2D eigenvalue weighted by molar-refractivity contribution is 0.501. The summed E-state index contributed by atoms with van der Waals surface area (Å²) in [4.78, 5) is 0.987. The van der Waals surface area contributed by atoms with Crippen LogP contribution in [0.2, 0.25) is 0 Å². The Kier molecular flexibility index (Phi) is 4.67. The topological polar surface area (TPSA) is 38.0 Å². The molecular formula is C13H13BrF2N2S. The molecule has 1 atom stereocenters. The SMILES string of the molecule is Cc1ccsc1C(Cc1c(F)ccc(Br)c1F)NN. The second-order valence-electron chi connectivity index (χ2n) is 4.21. The molecule has 0 fully saturated rings. The molecule has 19 heavy (non-hydrogen) atoms. The summed E-state index contributed by atoms with van der Waals surface area (Å²) in [5.41, 5.74) is 3.72. The van der Waals surface area contributed by atoms with Gasteiger partial charge in [0.2, 0.25) is 0 Å². The molecule has 0 saturated heterocycles. The van der Waals surface area contributed by atoms with Gasteiger partial charge in [0.1, 0.15) is 11.6 Å². The largest absolute Gasteiger partial charge is 0.271 e. The number of benzene rings is 1. The van der Waals surface area contributed by atoms with E-state index >= 15 is 0 Å². The molecule has 102 valence electrons. The van der Waals surface area contributed by atoms with E-state index < -0.39 is 11.6 Å². The monoisotopic (exact) mass is 346 g/mol. The molecule has 2 nitrogen and oxygen atoms in total. The zero-order valence-electron chi connectivity index (χ0n) is 10.2. The summed E-state index contributed by atoms with van der Waals surface area (Å²) in [6.45, 7) is 1.95. The third kappa shape index (κ3) is 3.02. The highest BCUT2D eigenvalue weighted by molar-refractivity contribution is 9.10. The smallest absolute Gasteiger partial charge is 0.143 e. The number of aryl methyl sites for hydroxylation is 1. The highest BCUT2D eigenvalue weighted by Crippen LogP contribution is 2.29. The summed E-state index contributed by atoms with van der Waals surface area (Å²) in [7, 11) is 0. The normalized spacial score (nSPS) is 12.7. The zero-order valence-corrected chi connectivity index (χ0v) is 12.6. The molecule has 0 saturated carbocycles. The summed E-state index contributed by atoms with van der Waals surface area (Å²) >= 11 is 4.58. The van der Waals surface area contributed by atoms with Crippen LogP contribution in [0.3, 0.4) is 0 Å². The molecule has 0 aliphatic rings. The van der Waals surface area contributed by atoms with E-state index in [1.54, 1.807) is 0 Å². The molecular weight excluding hydrogens is 334 g/mol. The highest BCUT2D eigenvalue weighted by Gasteiger charge is 2.20. The first-order chi connectivity index (χ1) is 9.04. The first-order valence-corrected chi connectivity index (χ1v) is 7.34. The Morgan fingerprint density at radius 3 is 2.68 bits per heavy atom. The maximum absolute atomic E-state index is 13.9. The van der Waals surface area contributed by atoms with Gasteiger partial charge >= 0.3 is 0 Å². The van der Waals surface area contributed by atoms with Gasteiger partial charge in [0, 0.05) is 10.4 Å². The molecule has 3 N–H and O–H groups in total. The van der Waals surface area contributed by atoms with Crippen molar-refractivity contribution in [2.24, 2.45) is 5.84 Å². The molecule has 1 unspecified atom stereocenters. The predicted octanol–water partition coefficient (Wildman–Crippen LogP) is 3.84. The van der Waals surface area contributed by atoms with Gasteiger partial charge in [-0.3, -0.25) is 11.3 Å². The minimum absolute atomic E-state index is 0.0325. The second-order valence-corrected chi connectivity index (χ2v) is 6.02. The average Bonchev–Trinajstić information content (AvgIpc) is 2.81. The fourth-order valence-electron chi connectivity index (χ4n) is 1.93. The lowest BCUT2D eigenvalue weighted by atomic mass is 10.0. The van der Waals surface area contributed by atoms with Crippen LogP contribution >= 0.6 is 27.3 Å². The highest BCUT2D eigenvalue weighted by atomic mass is 79.9. The quantitative estimate of drug-likeness (QED) is 0.501. The first-order valence-electron chi connectivity index (χ1n) is 5.67. The summed E-state index contributed by atoms with van der Waals surface area (Å²) in [6, 6.07) is 4.25. The van der Waals surface area contributed by atoms with Crippen molar-refractivity contribution in [3.05, 3.63) is 55.7 Å². The van der Waals surface area contributed by atoms with Gasteiger partial charge in [0.15, 0.2) is 0 Å². The molecule has 0 radical (unpaired) electrons. The summed E-state index contributed by atoms with van der Waals surface area (Å²) in [5, 5.41) is 1.93. The number of nitrogens with one attached hydrogen (secondary N) is 1. The van der Waals surface area contributed by atoms with Gasteiger partial charge in [-0.05, 0) is 58.4 Å². The maximum atomic E-state index is 13.9. The number of nitrogens with two attached hydrogens (primary N) is 1. The predicted molar refractivity (Wildman–Crippen MR) is 76.9 cm³/mol. The fraction of sp³-hybridized carbons (Fsp3) is 0.231. The molecule has 1 heterocycles. The zero-order chi connectivity index (χ0) is 14.0. The third-order valence-electron chi connectivity index (χ3n) is 2.97. The van der Waals surface area contributed by atoms with Gasteiger partial charge in [0.25, 0.3) is 0 Å². The molecule has 0 aliphatic carbocycles. The fourth-order valence-corrected chi connectivity index (χ4v) is 3.29. The van der Waals surface area contributed by atoms with Gasteiger partial charge in [0.05, 0.1) is 10.5 Å². The van der Waals surface area contributed by atoms with E-state index in [4.69, 9.17) is 5.84 Å². The van der Waals surface area contributed by atoms with Crippen LogP contribution < -0.4 is 11.3 Å². The third-order valence-corrected chi connectivity index (χ3v) is 4.71. The van der Waals surface area contributed by atoms with Crippen LogP contribution in [0.1, 0.15) is 22.0 Å². The summed E-state index contributed by atoms with van der Waals surface area (Å²) < 4.78 is 27.9. The number of thiophene rings is 1. The van der Waals surface area contributed by atoms with Gasteiger partial charge in [-0.25, -0.2) is 8.78 Å². The number of rotatable bonds is 4. The average molecular weight is 347 g/mol. The Hall–Kier alpha value is -0.820. The van der Waals surface area contributed by atoms with Crippen molar-refractivity contribution in [1.82, 2.24) is 5.43 Å². The van der Waals surface area contributed by atoms with Crippen LogP contribution in [0, 0.1) is 18.6 Å². The minimum atomic E-state index is -0.575. The van der Waals surface area contributed by atoms with E-state index in [1.165, 1.54) is 23.5 Å². The number of hydrogen-bond acceptors (Lipinski definition) is 3. The van der Waals surface area contributed by atoms with E-state index in [-0.39, 0.29) is 22.5 Å². The number of halogens is 3. The van der Waals surface area contributed by atoms with Gasteiger partial charge in [-0.15, -0.1) is 11.3 Å². The Balaban J connectivity index is 2.34. The molecule has 2 aromatic rings. The first kappa shape index (κ1) is 14.6. The molecule has 0 bridgehead atoms. The van der Waals surface area contributed by atoms with Crippen LogP contribution in [-0.2, 0) is 6.42 Å². The van der Waals surface area contributed by atoms with E-state index in [2.05, 4.69) is 21.4 Å². The minimum Gasteiger partial charge on any atom is -0.271 e. The van der Waals surface area contributed by atoms with Crippen molar-refractivity contribution in [3.8, 4) is 0 Å². The van der Waals surface area contributed by atoms with E-state index in [9.17, 15) is 8.78 Å². The van der Waals surface area contributed by atoms with Crippen LogP contribution in [0.15, 0.2) is 28.1 Å². The lowest BCUT2D eigenvalue weighted by Gasteiger charge is -2.17. The Labute approximate surface area is 122 Å². The van der Waals surface area contributed by atoms with Crippen LogP contribution in [-0.4, -0.2) is 0 Å². The van der Waals surface area contributed by atoms with Crippen molar-refractivity contribution < 1.29 is 8.78 Å². The van der Waals surface area contributed by atoms with E-state index in [0.29, 0.717) is 0 Å². The molecule has 0 spiro atoms. The lowest BCUT2D eigenvalue weighted by Crippen LogP contribution is -2.30. The van der Waals surface area contributed by atoms with Crippen molar-refractivity contribution in [2.45, 2.75) is 19.4 Å². The molecule has 0 aliphatic heterocycles. The second kappa shape index (κ2) is 6.09. The van der Waals surface area contributed by atoms with Crippen molar-refractivity contribution in [2.75, 3.05) is 0 Å². The summed E-state index contributed by atoms with van der Waals surface area (Å²) in [6.07, 6.45) is 0.162. The molecule has 2 rings (SSSR count). The molecule has 6 heteroatoms. The van der Waals surface area contributed by atoms with Crippen molar-refractivity contribution in [3.63, 3.8) is 0 Å². The van der Waals surface area contributed by atoms with Crippen LogP contribution in [0.5, 0.6) is 0 Å². The molecule has 0 amide bonds. The van der Waals surface area contributed by atoms with Crippen molar-refractivity contribution >= 4 is 27.3 Å². The van der Waals surface area contributed by atoms with Gasteiger partial charge in [-0.2, -0.15) is 0 Å². The number of hydrogen-bond donors (Lipinski definition) is 2. The maximum Gasteiger partial charge on any atom is 0.143 e. The Bertz CT molecular complexity index is 586. The van der Waals surface area contributed by atoms with Crippen LogP contribution in [0.4, 0.5) is 8.78 Å². The van der Waals surface area contributed by atoms with E-state index in [0.717, 1.165) is 10.4 Å². The molecule has 1 aromatic heterocycles. The molecule has 1 aromatic carbocycles. The van der Waals surface area contributed by atoms with Gasteiger partial charge < -0.3 is 0 Å². The Morgan fingerprint density at radius 1 is 1.37 bits per heavy atom. The van der Waals surface area contributed by atoms with E-state index in [1.807, 2.05) is 18.4 Å². The van der Waals surface area contributed by atoms with Gasteiger partial charge in [-0.1, -0.05) is 0 Å². The van der Waals surface area contributed by atoms with Crippen molar-refractivity contribution in [1.29, 1.82) is 0 Å².